The van der Waals surface area contributed by atoms with Crippen LogP contribution in [0.2, 0.25) is 0 Å². The van der Waals surface area contributed by atoms with Crippen LogP contribution in [0.5, 0.6) is 0 Å². The molecule has 0 saturated heterocycles. The van der Waals surface area contributed by atoms with Crippen molar-refractivity contribution >= 4 is 11.6 Å². The van der Waals surface area contributed by atoms with Crippen molar-refractivity contribution in [3.8, 4) is 0 Å². The van der Waals surface area contributed by atoms with Gasteiger partial charge in [0.2, 0.25) is 6.39 Å². The van der Waals surface area contributed by atoms with Gasteiger partial charge in [-0.1, -0.05) is 12.1 Å². The third-order valence-corrected chi connectivity index (χ3v) is 2.49. The van der Waals surface area contributed by atoms with E-state index in [4.69, 9.17) is 5.73 Å². The molecule has 0 aliphatic rings. The number of rotatable bonds is 5. The summed E-state index contributed by atoms with van der Waals surface area (Å²) in [5, 5.41) is 13.0. The van der Waals surface area contributed by atoms with Gasteiger partial charge in [-0.15, -0.1) is 0 Å². The van der Waals surface area contributed by atoms with Gasteiger partial charge in [0.15, 0.2) is 11.5 Å². The van der Waals surface area contributed by atoms with Crippen molar-refractivity contribution < 1.29 is 9.32 Å². The van der Waals surface area contributed by atoms with E-state index in [1.807, 2.05) is 6.92 Å². The maximum absolute atomic E-state index is 11.8. The van der Waals surface area contributed by atoms with Gasteiger partial charge in [0.25, 0.3) is 5.91 Å². The van der Waals surface area contributed by atoms with E-state index in [-0.39, 0.29) is 11.6 Å². The summed E-state index contributed by atoms with van der Waals surface area (Å²) in [5.41, 5.74) is 7.17. The molecular formula is C10H14N6O2. The van der Waals surface area contributed by atoms with E-state index in [1.165, 1.54) is 6.39 Å². The molecule has 0 aromatic carbocycles. The summed E-state index contributed by atoms with van der Waals surface area (Å²) < 4.78 is 4.58. The quantitative estimate of drug-likeness (QED) is 0.681. The zero-order chi connectivity index (χ0) is 13.0. The topological polar surface area (TPSA) is 123 Å². The first-order valence-electron chi connectivity index (χ1n) is 5.58. The third kappa shape index (κ3) is 2.47. The molecule has 0 saturated carbocycles. The number of hydrogen-bond acceptors (Lipinski definition) is 6. The third-order valence-electron chi connectivity index (χ3n) is 2.49. The molecule has 0 unspecified atom stereocenters. The first-order chi connectivity index (χ1) is 8.72. The van der Waals surface area contributed by atoms with Crippen molar-refractivity contribution in [3.63, 3.8) is 0 Å². The molecule has 0 bridgehead atoms. The molecule has 2 heterocycles. The number of aromatic nitrogens is 4. The molecule has 0 aliphatic heterocycles. The number of carbonyl (C=O) groups excluding carboxylic acids is 1. The highest BCUT2D eigenvalue weighted by atomic mass is 16.5. The number of anilines is 1. The second-order valence-corrected chi connectivity index (χ2v) is 3.67. The highest BCUT2D eigenvalue weighted by Crippen LogP contribution is 2.13. The molecule has 2 aromatic rings. The molecule has 0 spiro atoms. The maximum atomic E-state index is 11.8. The SMILES string of the molecule is CCc1[nH]nc(C(=O)NCCc2ncon2)c1N. The van der Waals surface area contributed by atoms with Crippen LogP contribution in [0.1, 0.15) is 28.9 Å². The van der Waals surface area contributed by atoms with E-state index >= 15 is 0 Å². The summed E-state index contributed by atoms with van der Waals surface area (Å²) in [4.78, 5) is 15.6. The fourth-order valence-corrected chi connectivity index (χ4v) is 1.50. The molecule has 8 heteroatoms. The van der Waals surface area contributed by atoms with Crippen LogP contribution >= 0.6 is 0 Å². The number of H-pyrrole nitrogens is 1. The van der Waals surface area contributed by atoms with Crippen molar-refractivity contribution in [1.82, 2.24) is 25.7 Å². The Morgan fingerprint density at radius 3 is 3.06 bits per heavy atom. The number of aryl methyl sites for hydroxylation is 1. The summed E-state index contributed by atoms with van der Waals surface area (Å²) >= 11 is 0. The zero-order valence-corrected chi connectivity index (χ0v) is 9.93. The summed E-state index contributed by atoms with van der Waals surface area (Å²) in [6, 6.07) is 0. The second kappa shape index (κ2) is 5.30. The predicted molar refractivity (Wildman–Crippen MR) is 62.7 cm³/mol. The molecule has 4 N–H and O–H groups in total. The zero-order valence-electron chi connectivity index (χ0n) is 9.93. The second-order valence-electron chi connectivity index (χ2n) is 3.67. The molecule has 0 atom stereocenters. The van der Waals surface area contributed by atoms with Gasteiger partial charge in [0, 0.05) is 13.0 Å². The number of carbonyl (C=O) groups is 1. The number of aromatic amines is 1. The minimum absolute atomic E-state index is 0.222. The lowest BCUT2D eigenvalue weighted by molar-refractivity contribution is 0.0950. The minimum Gasteiger partial charge on any atom is -0.395 e. The predicted octanol–water partition coefficient (Wildman–Crippen LogP) is -0.0902. The van der Waals surface area contributed by atoms with E-state index < -0.39 is 0 Å². The van der Waals surface area contributed by atoms with Gasteiger partial charge < -0.3 is 15.6 Å². The normalized spacial score (nSPS) is 10.5. The van der Waals surface area contributed by atoms with E-state index in [2.05, 4.69) is 30.2 Å². The van der Waals surface area contributed by atoms with Crippen molar-refractivity contribution in [2.45, 2.75) is 19.8 Å². The van der Waals surface area contributed by atoms with Crippen LogP contribution in [0.15, 0.2) is 10.9 Å². The molecule has 8 nitrogen and oxygen atoms in total. The van der Waals surface area contributed by atoms with Crippen LogP contribution in [0.3, 0.4) is 0 Å². The van der Waals surface area contributed by atoms with Crippen LogP contribution < -0.4 is 11.1 Å². The van der Waals surface area contributed by atoms with Crippen LogP contribution in [-0.4, -0.2) is 32.8 Å². The Bertz CT molecular complexity index is 518. The number of nitrogen functional groups attached to an aromatic ring is 1. The van der Waals surface area contributed by atoms with E-state index in [0.29, 0.717) is 30.9 Å². The number of nitrogens with two attached hydrogens (primary N) is 1. The molecule has 0 aliphatic carbocycles. The molecule has 96 valence electrons. The largest absolute Gasteiger partial charge is 0.395 e. The average Bonchev–Trinajstić information content (AvgIpc) is 2.98. The number of amides is 1. The Balaban J connectivity index is 1.89. The molecule has 2 aromatic heterocycles. The van der Waals surface area contributed by atoms with Gasteiger partial charge in [-0.3, -0.25) is 9.89 Å². The van der Waals surface area contributed by atoms with Gasteiger partial charge in [0.1, 0.15) is 0 Å². The Kier molecular flexibility index (Phi) is 3.56. The lowest BCUT2D eigenvalue weighted by atomic mass is 10.2. The van der Waals surface area contributed by atoms with Crippen LogP contribution in [0.25, 0.3) is 0 Å². The molecular weight excluding hydrogens is 236 g/mol. The molecule has 1 amide bonds. The van der Waals surface area contributed by atoms with Crippen molar-refractivity contribution in [2.75, 3.05) is 12.3 Å². The Hall–Kier alpha value is -2.38. The summed E-state index contributed by atoms with van der Waals surface area (Å²) in [6.07, 6.45) is 2.44. The first-order valence-corrected chi connectivity index (χ1v) is 5.58. The highest BCUT2D eigenvalue weighted by Gasteiger charge is 2.15. The summed E-state index contributed by atoms with van der Waals surface area (Å²) in [6.45, 7) is 2.33. The average molecular weight is 250 g/mol. The van der Waals surface area contributed by atoms with Gasteiger partial charge in [-0.05, 0) is 6.42 Å². The fraction of sp³-hybridized carbons (Fsp3) is 0.400. The molecule has 0 radical (unpaired) electrons. The van der Waals surface area contributed by atoms with E-state index in [9.17, 15) is 4.79 Å². The molecule has 18 heavy (non-hydrogen) atoms. The molecule has 0 fully saturated rings. The lowest BCUT2D eigenvalue weighted by Gasteiger charge is -2.01. The van der Waals surface area contributed by atoms with Crippen LogP contribution in [-0.2, 0) is 12.8 Å². The van der Waals surface area contributed by atoms with Crippen molar-refractivity contribution in [3.05, 3.63) is 23.6 Å². The van der Waals surface area contributed by atoms with Crippen LogP contribution in [0.4, 0.5) is 5.69 Å². The van der Waals surface area contributed by atoms with Crippen LogP contribution in [0, 0.1) is 0 Å². The van der Waals surface area contributed by atoms with Crippen molar-refractivity contribution in [1.29, 1.82) is 0 Å². The van der Waals surface area contributed by atoms with Crippen molar-refractivity contribution in [2.24, 2.45) is 0 Å². The standard InChI is InChI=1S/C10H14N6O2/c1-2-6-8(11)9(15-14-6)10(17)12-4-3-7-13-5-18-16-7/h5H,2-4,11H2,1H3,(H,12,17)(H,14,15). The minimum atomic E-state index is -0.313. The highest BCUT2D eigenvalue weighted by molar-refractivity contribution is 5.97. The number of nitrogens with zero attached hydrogens (tertiary/aromatic N) is 3. The summed E-state index contributed by atoms with van der Waals surface area (Å²) in [5.74, 6) is 0.228. The van der Waals surface area contributed by atoms with E-state index in [0.717, 1.165) is 5.69 Å². The maximum Gasteiger partial charge on any atom is 0.273 e. The fourth-order valence-electron chi connectivity index (χ4n) is 1.50. The Morgan fingerprint density at radius 1 is 1.61 bits per heavy atom. The van der Waals surface area contributed by atoms with Gasteiger partial charge in [-0.25, -0.2) is 0 Å². The van der Waals surface area contributed by atoms with E-state index in [1.54, 1.807) is 0 Å². The number of hydrogen-bond donors (Lipinski definition) is 3. The Morgan fingerprint density at radius 2 is 2.44 bits per heavy atom. The smallest absolute Gasteiger partial charge is 0.273 e. The monoisotopic (exact) mass is 250 g/mol. The first kappa shape index (κ1) is 12.1. The Labute approximate surface area is 103 Å². The lowest BCUT2D eigenvalue weighted by Crippen LogP contribution is -2.27. The van der Waals surface area contributed by atoms with Gasteiger partial charge >= 0.3 is 0 Å². The number of nitrogens with one attached hydrogen (secondary N) is 2. The van der Waals surface area contributed by atoms with Gasteiger partial charge in [0.05, 0.1) is 11.4 Å². The van der Waals surface area contributed by atoms with Gasteiger partial charge in [-0.2, -0.15) is 10.1 Å². The molecule has 2 rings (SSSR count). The summed E-state index contributed by atoms with van der Waals surface area (Å²) in [7, 11) is 0.